The van der Waals surface area contributed by atoms with Crippen LogP contribution in [-0.4, -0.2) is 46.9 Å². The second-order valence-electron chi connectivity index (χ2n) is 19.3. The first-order valence-electron chi connectivity index (χ1n) is 28.8. The van der Waals surface area contributed by atoms with Crippen LogP contribution >= 0.6 is 0 Å². The van der Waals surface area contributed by atoms with Gasteiger partial charge in [-0.15, -0.1) is 0 Å². The molecule has 6 heteroatoms. The molecule has 68 heavy (non-hydrogen) atoms. The first kappa shape index (κ1) is 65.0. The summed E-state index contributed by atoms with van der Waals surface area (Å²) in [5, 5.41) is 23.9. The summed E-state index contributed by atoms with van der Waals surface area (Å²) in [5.74, 6) is -0.546. The second kappa shape index (κ2) is 55.0. The molecule has 0 aliphatic heterocycles. The van der Waals surface area contributed by atoms with Gasteiger partial charge in [0.15, 0.2) is 0 Å². The number of hydrogen-bond acceptors (Lipinski definition) is 5. The average Bonchev–Trinajstić information content (AvgIpc) is 3.33. The molecule has 0 heterocycles. The van der Waals surface area contributed by atoms with Crippen LogP contribution in [0.15, 0.2) is 85.1 Å². The number of aliphatic hydroxyl groups is 2. The van der Waals surface area contributed by atoms with E-state index in [1.54, 1.807) is 0 Å². The summed E-state index contributed by atoms with van der Waals surface area (Å²) in [6, 6.07) is -0.728. The first-order chi connectivity index (χ1) is 33.5. The van der Waals surface area contributed by atoms with E-state index in [4.69, 9.17) is 4.74 Å². The van der Waals surface area contributed by atoms with Crippen molar-refractivity contribution < 1.29 is 24.5 Å². The fraction of sp³-hybridized carbons (Fsp3) is 0.742. The maximum Gasteiger partial charge on any atom is 0.306 e. The van der Waals surface area contributed by atoms with Crippen molar-refractivity contribution in [2.24, 2.45) is 0 Å². The predicted octanol–water partition coefficient (Wildman–Crippen LogP) is 17.9. The third-order valence-electron chi connectivity index (χ3n) is 12.7. The Labute approximate surface area is 421 Å². The molecule has 0 aromatic heterocycles. The van der Waals surface area contributed by atoms with Gasteiger partial charge in [0.25, 0.3) is 0 Å². The molecule has 3 atom stereocenters. The number of nitrogens with one attached hydrogen (secondary N) is 1. The van der Waals surface area contributed by atoms with Gasteiger partial charge in [-0.3, -0.25) is 9.59 Å². The number of carbonyl (C=O) groups excluding carboxylic acids is 2. The topological polar surface area (TPSA) is 95.9 Å². The lowest BCUT2D eigenvalue weighted by atomic mass is 10.0. The molecule has 3 N–H and O–H groups in total. The minimum Gasteiger partial charge on any atom is -0.462 e. The van der Waals surface area contributed by atoms with Crippen LogP contribution in [-0.2, 0) is 14.3 Å². The molecule has 0 aromatic rings. The number of rotatable bonds is 51. The Morgan fingerprint density at radius 1 is 0.456 bits per heavy atom. The van der Waals surface area contributed by atoms with Crippen molar-refractivity contribution in [3.05, 3.63) is 85.1 Å². The van der Waals surface area contributed by atoms with Crippen molar-refractivity contribution in [3.8, 4) is 0 Å². The van der Waals surface area contributed by atoms with Gasteiger partial charge >= 0.3 is 5.97 Å². The molecule has 0 bridgehead atoms. The maximum atomic E-state index is 13.3. The van der Waals surface area contributed by atoms with Crippen LogP contribution in [0.2, 0.25) is 0 Å². The fourth-order valence-electron chi connectivity index (χ4n) is 8.40. The number of ether oxygens (including phenoxy) is 1. The highest BCUT2D eigenvalue weighted by Gasteiger charge is 2.24. The van der Waals surface area contributed by atoms with E-state index >= 15 is 0 Å². The molecule has 3 unspecified atom stereocenters. The highest BCUT2D eigenvalue weighted by atomic mass is 16.5. The third kappa shape index (κ3) is 49.5. The molecule has 0 aliphatic rings. The number of carbonyl (C=O) groups is 2. The number of hydrogen-bond donors (Lipinski definition) is 3. The van der Waals surface area contributed by atoms with E-state index in [-0.39, 0.29) is 24.9 Å². The largest absolute Gasteiger partial charge is 0.462 e. The van der Waals surface area contributed by atoms with Crippen molar-refractivity contribution in [2.45, 2.75) is 289 Å². The zero-order chi connectivity index (χ0) is 49.5. The Hall–Kier alpha value is -2.96. The molecule has 6 nitrogen and oxygen atoms in total. The van der Waals surface area contributed by atoms with Gasteiger partial charge in [0.05, 0.1) is 25.2 Å². The van der Waals surface area contributed by atoms with Crippen molar-refractivity contribution in [1.82, 2.24) is 5.32 Å². The summed E-state index contributed by atoms with van der Waals surface area (Å²) in [6.45, 7) is 6.36. The lowest BCUT2D eigenvalue weighted by Crippen LogP contribution is -2.46. The quantitative estimate of drug-likeness (QED) is 0.0244. The zero-order valence-corrected chi connectivity index (χ0v) is 44.7. The number of aliphatic hydroxyl groups excluding tert-OH is 2. The summed E-state index contributed by atoms with van der Waals surface area (Å²) in [5.41, 5.74) is 0. The predicted molar refractivity (Wildman–Crippen MR) is 296 cm³/mol. The molecule has 0 saturated carbocycles. The second-order valence-corrected chi connectivity index (χ2v) is 19.3. The number of allylic oxidation sites excluding steroid dienone is 14. The molecule has 0 aliphatic carbocycles. The summed E-state index contributed by atoms with van der Waals surface area (Å²) in [6.07, 6.45) is 72.2. The SMILES string of the molecule is CC/C=C\C/C=C\C/C=C\C/C=C\C/C=C\CCCC(CC(=O)NC(CO)C(O)CCCCCCCCCCCCCCCC)OC(=O)CCCCCCC/C=C/C=C/CCCCCCCCC. The lowest BCUT2D eigenvalue weighted by molar-refractivity contribution is -0.151. The van der Waals surface area contributed by atoms with Crippen LogP contribution in [0.3, 0.4) is 0 Å². The molecule has 0 spiro atoms. The highest BCUT2D eigenvalue weighted by Crippen LogP contribution is 2.17. The van der Waals surface area contributed by atoms with Crippen LogP contribution < -0.4 is 5.32 Å². The smallest absolute Gasteiger partial charge is 0.306 e. The fourth-order valence-corrected chi connectivity index (χ4v) is 8.40. The number of unbranched alkanes of at least 4 members (excludes halogenated alkanes) is 26. The molecular formula is C62H109NO5. The molecule has 0 aromatic carbocycles. The van der Waals surface area contributed by atoms with Gasteiger partial charge < -0.3 is 20.3 Å². The van der Waals surface area contributed by atoms with Gasteiger partial charge in [0, 0.05) is 6.42 Å². The Bertz CT molecular complexity index is 1290. The molecule has 392 valence electrons. The normalized spacial score (nSPS) is 13.8. The Balaban J connectivity index is 4.70. The van der Waals surface area contributed by atoms with Gasteiger partial charge in [-0.2, -0.15) is 0 Å². The molecule has 1 amide bonds. The minimum absolute atomic E-state index is 0.0291. The van der Waals surface area contributed by atoms with E-state index in [1.165, 1.54) is 122 Å². The Morgan fingerprint density at radius 3 is 1.31 bits per heavy atom. The van der Waals surface area contributed by atoms with Crippen LogP contribution in [0.4, 0.5) is 0 Å². The molecule has 0 saturated heterocycles. The van der Waals surface area contributed by atoms with Gasteiger partial charge in [-0.1, -0.05) is 254 Å². The summed E-state index contributed by atoms with van der Waals surface area (Å²) in [4.78, 5) is 26.3. The minimum atomic E-state index is -0.810. The lowest BCUT2D eigenvalue weighted by Gasteiger charge is -2.24. The van der Waals surface area contributed by atoms with Gasteiger partial charge in [-0.25, -0.2) is 0 Å². The van der Waals surface area contributed by atoms with E-state index < -0.39 is 18.2 Å². The van der Waals surface area contributed by atoms with E-state index in [0.29, 0.717) is 19.3 Å². The van der Waals surface area contributed by atoms with E-state index in [2.05, 4.69) is 111 Å². The third-order valence-corrected chi connectivity index (χ3v) is 12.7. The van der Waals surface area contributed by atoms with Crippen molar-refractivity contribution in [3.63, 3.8) is 0 Å². The molecule has 0 fully saturated rings. The monoisotopic (exact) mass is 948 g/mol. The summed E-state index contributed by atoms with van der Waals surface area (Å²) < 4.78 is 5.93. The highest BCUT2D eigenvalue weighted by molar-refractivity contribution is 5.77. The van der Waals surface area contributed by atoms with Gasteiger partial charge in [-0.05, 0) is 89.9 Å². The van der Waals surface area contributed by atoms with E-state index in [9.17, 15) is 19.8 Å². The van der Waals surface area contributed by atoms with Crippen LogP contribution in [0.5, 0.6) is 0 Å². The van der Waals surface area contributed by atoms with Crippen LogP contribution in [0.1, 0.15) is 271 Å². The van der Waals surface area contributed by atoms with Crippen molar-refractivity contribution >= 4 is 11.9 Å². The van der Waals surface area contributed by atoms with Crippen LogP contribution in [0.25, 0.3) is 0 Å². The van der Waals surface area contributed by atoms with Gasteiger partial charge in [0.2, 0.25) is 5.91 Å². The van der Waals surface area contributed by atoms with Crippen LogP contribution in [0, 0.1) is 0 Å². The van der Waals surface area contributed by atoms with Crippen molar-refractivity contribution in [1.29, 1.82) is 0 Å². The Morgan fingerprint density at radius 2 is 0.853 bits per heavy atom. The van der Waals surface area contributed by atoms with E-state index in [1.807, 2.05) is 0 Å². The summed E-state index contributed by atoms with van der Waals surface area (Å²) >= 11 is 0. The number of amides is 1. The standard InChI is InChI=1S/C62H109NO5/c1-4-7-10-13-16-19-22-25-28-30-32-34-37-40-43-46-49-52-55-62(67)68-58(53-50-47-44-41-38-35-33-31-29-26-23-20-17-14-11-8-5-2)56-61(66)63-59(57-64)60(65)54-51-48-45-42-39-36-27-24-21-18-15-12-9-6-3/h8,11,17,20,26,28-30,32-35,41,44,58-60,64-65H,4-7,9-10,12-16,18-19,21-25,27,31,36-40,42-43,45-57H2,1-3H3,(H,63,66)/b11-8-,20-17-,29-26-,30-28+,34-32+,35-33-,44-41-. The molecule has 0 radical (unpaired) electrons. The molecule has 0 rings (SSSR count). The van der Waals surface area contributed by atoms with Crippen molar-refractivity contribution in [2.75, 3.05) is 6.61 Å². The number of esters is 1. The molecular weight excluding hydrogens is 839 g/mol. The van der Waals surface area contributed by atoms with E-state index in [0.717, 1.165) is 103 Å². The zero-order valence-electron chi connectivity index (χ0n) is 44.7. The average molecular weight is 949 g/mol. The van der Waals surface area contributed by atoms with Gasteiger partial charge in [0.1, 0.15) is 6.10 Å². The Kier molecular flexibility index (Phi) is 52.6. The maximum absolute atomic E-state index is 13.3. The first-order valence-corrected chi connectivity index (χ1v) is 28.8. The summed E-state index contributed by atoms with van der Waals surface area (Å²) in [7, 11) is 0.